The van der Waals surface area contributed by atoms with E-state index in [0.29, 0.717) is 6.42 Å². The van der Waals surface area contributed by atoms with Gasteiger partial charge < -0.3 is 14.6 Å². The third-order valence-electron chi connectivity index (χ3n) is 8.92. The van der Waals surface area contributed by atoms with Gasteiger partial charge in [0, 0.05) is 12.8 Å². The molecule has 6 nitrogen and oxygen atoms in total. The highest BCUT2D eigenvalue weighted by Crippen LogP contribution is 2.30. The number of carboxylic acid groups (broad SMARTS) is 1. The number of carbonyl (C=O) groups excluding carboxylic acids is 2. The minimum Gasteiger partial charge on any atom is -0.478 e. The number of ether oxygens (including phenoxy) is 2. The zero-order chi connectivity index (χ0) is 35.6. The summed E-state index contributed by atoms with van der Waals surface area (Å²) >= 11 is 0. The van der Waals surface area contributed by atoms with Gasteiger partial charge in [0.05, 0.1) is 5.56 Å². The summed E-state index contributed by atoms with van der Waals surface area (Å²) in [7, 11) is 0. The second-order valence-electron chi connectivity index (χ2n) is 13.6. The summed E-state index contributed by atoms with van der Waals surface area (Å²) in [6, 6.07) is 4.01. The van der Waals surface area contributed by atoms with Gasteiger partial charge in [-0.1, -0.05) is 141 Å². The number of carbonyl (C=O) groups is 3. The Morgan fingerprint density at radius 3 is 1.22 bits per heavy atom. The summed E-state index contributed by atoms with van der Waals surface area (Å²) in [4.78, 5) is 36.6. The number of carboxylic acids is 1. The molecular formula is C43H70O6. The number of rotatable bonds is 33. The highest BCUT2D eigenvalue weighted by Gasteiger charge is 2.17. The molecule has 49 heavy (non-hydrogen) atoms. The maximum Gasteiger partial charge on any atom is 0.335 e. The van der Waals surface area contributed by atoms with Crippen molar-refractivity contribution in [3.05, 3.63) is 48.1 Å². The maximum atomic E-state index is 12.6. The lowest BCUT2D eigenvalue weighted by Gasteiger charge is -2.11. The fourth-order valence-electron chi connectivity index (χ4n) is 5.83. The zero-order valence-electron chi connectivity index (χ0n) is 31.3. The number of allylic oxidation sites excluding steroid dienone is 4. The molecule has 0 atom stereocenters. The molecule has 1 rings (SSSR count). The van der Waals surface area contributed by atoms with Crippen LogP contribution in [0, 0.1) is 0 Å². The highest BCUT2D eigenvalue weighted by molar-refractivity contribution is 5.89. The number of hydrogen-bond acceptors (Lipinski definition) is 5. The van der Waals surface area contributed by atoms with Gasteiger partial charge in [-0.3, -0.25) is 9.59 Å². The van der Waals surface area contributed by atoms with E-state index in [1.54, 1.807) is 0 Å². The summed E-state index contributed by atoms with van der Waals surface area (Å²) in [5.74, 6) is -1.93. The van der Waals surface area contributed by atoms with Crippen LogP contribution in [0.3, 0.4) is 0 Å². The first-order valence-electron chi connectivity index (χ1n) is 20.1. The van der Waals surface area contributed by atoms with Crippen molar-refractivity contribution in [2.24, 2.45) is 0 Å². The predicted molar refractivity (Wildman–Crippen MR) is 204 cm³/mol. The molecule has 6 heteroatoms. The lowest BCUT2D eigenvalue weighted by atomic mass is 10.1. The summed E-state index contributed by atoms with van der Waals surface area (Å²) < 4.78 is 11.0. The van der Waals surface area contributed by atoms with Gasteiger partial charge in [-0.05, 0) is 82.4 Å². The zero-order valence-corrected chi connectivity index (χ0v) is 31.3. The molecular weight excluding hydrogens is 612 g/mol. The van der Waals surface area contributed by atoms with E-state index in [0.717, 1.165) is 64.2 Å². The van der Waals surface area contributed by atoms with Crippen LogP contribution in [0.1, 0.15) is 204 Å². The summed E-state index contributed by atoms with van der Waals surface area (Å²) in [6.45, 7) is 4.50. The Hall–Kier alpha value is -2.89. The average molecular weight is 683 g/mol. The van der Waals surface area contributed by atoms with Crippen LogP contribution < -0.4 is 9.47 Å². The number of unbranched alkanes of at least 4 members (excludes halogenated alkanes) is 22. The van der Waals surface area contributed by atoms with Gasteiger partial charge in [0.25, 0.3) is 0 Å². The molecule has 0 bridgehead atoms. The second-order valence-corrected chi connectivity index (χ2v) is 13.6. The normalized spacial score (nSPS) is 11.5. The van der Waals surface area contributed by atoms with E-state index < -0.39 is 17.9 Å². The molecule has 1 aromatic rings. The topological polar surface area (TPSA) is 89.9 Å². The first-order valence-corrected chi connectivity index (χ1v) is 20.1. The van der Waals surface area contributed by atoms with Crippen molar-refractivity contribution >= 4 is 17.9 Å². The van der Waals surface area contributed by atoms with Crippen LogP contribution in [0.2, 0.25) is 0 Å². The monoisotopic (exact) mass is 683 g/mol. The van der Waals surface area contributed by atoms with Gasteiger partial charge in [-0.2, -0.15) is 0 Å². The Kier molecular flexibility index (Phi) is 29.1. The molecule has 0 aromatic heterocycles. The Morgan fingerprint density at radius 1 is 0.490 bits per heavy atom. The molecule has 0 radical (unpaired) electrons. The molecule has 0 fully saturated rings. The smallest absolute Gasteiger partial charge is 0.335 e. The van der Waals surface area contributed by atoms with Crippen LogP contribution >= 0.6 is 0 Å². The fourth-order valence-corrected chi connectivity index (χ4v) is 5.83. The molecule has 0 aliphatic heterocycles. The van der Waals surface area contributed by atoms with Gasteiger partial charge >= 0.3 is 17.9 Å². The van der Waals surface area contributed by atoms with E-state index in [1.807, 2.05) is 0 Å². The van der Waals surface area contributed by atoms with Crippen molar-refractivity contribution in [3.63, 3.8) is 0 Å². The van der Waals surface area contributed by atoms with Gasteiger partial charge in [0.1, 0.15) is 0 Å². The molecule has 0 saturated carbocycles. The minimum absolute atomic E-state index is 0.0180. The summed E-state index contributed by atoms with van der Waals surface area (Å²) in [5.41, 5.74) is -0.0270. The Labute approximate surface area is 299 Å². The van der Waals surface area contributed by atoms with Crippen LogP contribution in [-0.4, -0.2) is 23.0 Å². The Bertz CT molecular complexity index is 1040. The van der Waals surface area contributed by atoms with E-state index in [1.165, 1.54) is 115 Å². The average Bonchev–Trinajstić information content (AvgIpc) is 3.08. The van der Waals surface area contributed by atoms with Crippen LogP contribution in [0.5, 0.6) is 11.5 Å². The standard InChI is InChI=1S/C43H70O6/c1-3-5-7-9-11-13-15-17-19-21-23-25-27-29-31-33-41(44)48-39-36-35-38(43(46)47)37-40(39)49-42(45)34-32-30-28-26-24-22-20-18-16-14-12-10-8-6-4-2/h17-20,35-37H,3-16,21-34H2,1-2H3,(H,46,47). The summed E-state index contributed by atoms with van der Waals surface area (Å²) in [5, 5.41) is 9.41. The van der Waals surface area contributed by atoms with E-state index in [2.05, 4.69) is 38.2 Å². The third-order valence-corrected chi connectivity index (χ3v) is 8.92. The highest BCUT2D eigenvalue weighted by atomic mass is 16.6. The Morgan fingerprint density at radius 2 is 0.837 bits per heavy atom. The molecule has 0 spiro atoms. The summed E-state index contributed by atoms with van der Waals surface area (Å²) in [6.07, 6.45) is 40.4. The molecule has 0 heterocycles. The van der Waals surface area contributed by atoms with Gasteiger partial charge in [-0.25, -0.2) is 4.79 Å². The quantitative estimate of drug-likeness (QED) is 0.0343. The lowest BCUT2D eigenvalue weighted by molar-refractivity contribution is -0.137. The van der Waals surface area contributed by atoms with Crippen molar-refractivity contribution in [1.82, 2.24) is 0 Å². The van der Waals surface area contributed by atoms with Gasteiger partial charge in [0.2, 0.25) is 0 Å². The van der Waals surface area contributed by atoms with Crippen LogP contribution in [-0.2, 0) is 9.59 Å². The molecule has 0 amide bonds. The molecule has 0 aliphatic carbocycles. The van der Waals surface area contributed by atoms with Crippen LogP contribution in [0.15, 0.2) is 42.5 Å². The van der Waals surface area contributed by atoms with Crippen LogP contribution in [0.25, 0.3) is 0 Å². The van der Waals surface area contributed by atoms with Crippen molar-refractivity contribution in [2.75, 3.05) is 0 Å². The van der Waals surface area contributed by atoms with Crippen molar-refractivity contribution in [2.45, 2.75) is 194 Å². The number of hydrogen-bond donors (Lipinski definition) is 1. The molecule has 0 unspecified atom stereocenters. The van der Waals surface area contributed by atoms with E-state index in [9.17, 15) is 19.5 Å². The maximum absolute atomic E-state index is 12.6. The van der Waals surface area contributed by atoms with Crippen molar-refractivity contribution in [3.8, 4) is 11.5 Å². The first-order chi connectivity index (χ1) is 24.0. The van der Waals surface area contributed by atoms with E-state index in [-0.39, 0.29) is 29.9 Å². The van der Waals surface area contributed by atoms with Gasteiger partial charge in [0.15, 0.2) is 11.5 Å². The molecule has 0 aliphatic rings. The molecule has 0 saturated heterocycles. The second kappa shape index (κ2) is 32.3. The van der Waals surface area contributed by atoms with Gasteiger partial charge in [-0.15, -0.1) is 0 Å². The molecule has 1 aromatic carbocycles. The number of aromatic carboxylic acids is 1. The largest absolute Gasteiger partial charge is 0.478 e. The lowest BCUT2D eigenvalue weighted by Crippen LogP contribution is -2.13. The first kappa shape index (κ1) is 44.1. The fraction of sp³-hybridized carbons (Fsp3) is 0.698. The number of benzene rings is 1. The van der Waals surface area contributed by atoms with Crippen molar-refractivity contribution in [1.29, 1.82) is 0 Å². The van der Waals surface area contributed by atoms with E-state index in [4.69, 9.17) is 9.47 Å². The Balaban J connectivity index is 2.23. The number of esters is 2. The van der Waals surface area contributed by atoms with E-state index >= 15 is 0 Å². The minimum atomic E-state index is -1.14. The SMILES string of the molecule is CCCCCCCCC=CCCCCCCCC(=O)Oc1ccc(C(=O)O)cc1OC(=O)CCCCCCCC=CCCCCCCCC. The third kappa shape index (κ3) is 26.6. The molecule has 278 valence electrons. The molecule has 1 N–H and O–H groups in total. The van der Waals surface area contributed by atoms with Crippen molar-refractivity contribution < 1.29 is 29.0 Å². The predicted octanol–water partition coefficient (Wildman–Crippen LogP) is 13.3. The van der Waals surface area contributed by atoms with Crippen LogP contribution in [0.4, 0.5) is 0 Å².